The van der Waals surface area contributed by atoms with Gasteiger partial charge in [0.1, 0.15) is 12.3 Å². The van der Waals surface area contributed by atoms with Crippen LogP contribution in [0.3, 0.4) is 0 Å². The highest BCUT2D eigenvalue weighted by molar-refractivity contribution is 5.92. The number of carbonyl (C=O) groups is 2. The SMILES string of the molecule is CCn1ccc(C(=O)N2CC[C@H](c3nc(C)no3)[C@H](NC(=O)COC)C2)n1. The Hall–Kier alpha value is -2.75. The minimum atomic E-state index is -0.349. The number of hydrogen-bond acceptors (Lipinski definition) is 7. The van der Waals surface area contributed by atoms with Crippen LogP contribution in [0.5, 0.6) is 0 Å². The van der Waals surface area contributed by atoms with E-state index in [1.54, 1.807) is 28.8 Å². The quantitative estimate of drug-likeness (QED) is 0.774. The summed E-state index contributed by atoms with van der Waals surface area (Å²) < 4.78 is 11.9. The Kier molecular flexibility index (Phi) is 5.84. The molecule has 2 amide bonds. The van der Waals surface area contributed by atoms with Crippen molar-refractivity contribution < 1.29 is 18.8 Å². The summed E-state index contributed by atoms with van der Waals surface area (Å²) in [5.74, 6) is 0.430. The number of nitrogens with one attached hydrogen (secondary N) is 1. The molecular formula is C17H24N6O4. The molecule has 0 saturated carbocycles. The zero-order chi connectivity index (χ0) is 19.4. The standard InChI is InChI=1S/C17H24N6O4/c1-4-23-8-6-13(20-23)17(25)22-7-5-12(16-18-11(2)21-27-16)14(9-22)19-15(24)10-26-3/h6,8,12,14H,4-5,7,9-10H2,1-3H3,(H,19,24)/t12-,14+/m0/s1. The third kappa shape index (κ3) is 4.33. The first-order chi connectivity index (χ1) is 13.0. The highest BCUT2D eigenvalue weighted by Crippen LogP contribution is 2.28. The molecule has 0 aliphatic carbocycles. The Bertz CT molecular complexity index is 801. The number of aryl methyl sites for hydroxylation is 2. The lowest BCUT2D eigenvalue weighted by molar-refractivity contribution is -0.126. The Morgan fingerprint density at radius 3 is 2.89 bits per heavy atom. The topological polar surface area (TPSA) is 115 Å². The summed E-state index contributed by atoms with van der Waals surface area (Å²) >= 11 is 0. The smallest absolute Gasteiger partial charge is 0.274 e. The number of carbonyl (C=O) groups excluding carboxylic acids is 2. The summed E-state index contributed by atoms with van der Waals surface area (Å²) in [6.45, 7) is 5.19. The molecule has 10 heteroatoms. The van der Waals surface area contributed by atoms with Gasteiger partial charge in [0, 0.05) is 32.9 Å². The van der Waals surface area contributed by atoms with Crippen LogP contribution in [0.4, 0.5) is 0 Å². The van der Waals surface area contributed by atoms with Crippen molar-refractivity contribution in [1.82, 2.24) is 30.1 Å². The van der Waals surface area contributed by atoms with Crippen molar-refractivity contribution in [1.29, 1.82) is 0 Å². The van der Waals surface area contributed by atoms with E-state index >= 15 is 0 Å². The Morgan fingerprint density at radius 1 is 1.44 bits per heavy atom. The van der Waals surface area contributed by atoms with Crippen molar-refractivity contribution in [2.24, 2.45) is 0 Å². The molecule has 1 saturated heterocycles. The first-order valence-corrected chi connectivity index (χ1v) is 8.93. The van der Waals surface area contributed by atoms with E-state index in [1.165, 1.54) is 7.11 Å². The van der Waals surface area contributed by atoms with Gasteiger partial charge >= 0.3 is 0 Å². The third-order valence-electron chi connectivity index (χ3n) is 4.57. The van der Waals surface area contributed by atoms with Gasteiger partial charge in [-0.15, -0.1) is 0 Å². The van der Waals surface area contributed by atoms with E-state index in [0.29, 0.717) is 43.5 Å². The highest BCUT2D eigenvalue weighted by Gasteiger charge is 2.37. The number of hydrogen-bond donors (Lipinski definition) is 1. The van der Waals surface area contributed by atoms with E-state index in [-0.39, 0.29) is 30.4 Å². The summed E-state index contributed by atoms with van der Waals surface area (Å²) in [5, 5.41) is 11.0. The molecule has 0 bridgehead atoms. The maximum Gasteiger partial charge on any atom is 0.274 e. The maximum atomic E-state index is 12.8. The number of amides is 2. The summed E-state index contributed by atoms with van der Waals surface area (Å²) in [7, 11) is 1.46. The van der Waals surface area contributed by atoms with Crippen LogP contribution < -0.4 is 5.32 Å². The molecule has 1 aliphatic rings. The van der Waals surface area contributed by atoms with Crippen LogP contribution in [0.2, 0.25) is 0 Å². The van der Waals surface area contributed by atoms with Crippen molar-refractivity contribution in [3.8, 4) is 0 Å². The molecule has 2 aromatic heterocycles. The van der Waals surface area contributed by atoms with Crippen LogP contribution in [0.15, 0.2) is 16.8 Å². The summed E-state index contributed by atoms with van der Waals surface area (Å²) in [6.07, 6.45) is 2.37. The van der Waals surface area contributed by atoms with Gasteiger partial charge in [0.15, 0.2) is 5.82 Å². The van der Waals surface area contributed by atoms with Gasteiger partial charge in [-0.25, -0.2) is 0 Å². The molecule has 146 valence electrons. The van der Waals surface area contributed by atoms with Gasteiger partial charge in [0.05, 0.1) is 12.0 Å². The Labute approximate surface area is 156 Å². The number of ether oxygens (including phenoxy) is 1. The average Bonchev–Trinajstić information content (AvgIpc) is 3.30. The van der Waals surface area contributed by atoms with Gasteiger partial charge in [0.25, 0.3) is 5.91 Å². The van der Waals surface area contributed by atoms with Crippen molar-refractivity contribution in [3.05, 3.63) is 29.7 Å². The molecular weight excluding hydrogens is 352 g/mol. The van der Waals surface area contributed by atoms with Crippen LogP contribution in [0, 0.1) is 6.92 Å². The lowest BCUT2D eigenvalue weighted by Gasteiger charge is -2.37. The largest absolute Gasteiger partial charge is 0.375 e. The van der Waals surface area contributed by atoms with Crippen molar-refractivity contribution in [3.63, 3.8) is 0 Å². The molecule has 1 aliphatic heterocycles. The van der Waals surface area contributed by atoms with Gasteiger partial charge in [0.2, 0.25) is 11.8 Å². The molecule has 1 fully saturated rings. The van der Waals surface area contributed by atoms with Crippen LogP contribution in [-0.4, -0.2) is 69.5 Å². The van der Waals surface area contributed by atoms with Gasteiger partial charge < -0.3 is 19.5 Å². The number of aromatic nitrogens is 4. The van der Waals surface area contributed by atoms with Gasteiger partial charge in [-0.1, -0.05) is 5.16 Å². The molecule has 1 N–H and O–H groups in total. The fourth-order valence-electron chi connectivity index (χ4n) is 3.24. The second-order valence-electron chi connectivity index (χ2n) is 6.49. The number of rotatable bonds is 6. The number of nitrogens with zero attached hydrogens (tertiary/aromatic N) is 5. The first-order valence-electron chi connectivity index (χ1n) is 8.93. The highest BCUT2D eigenvalue weighted by atomic mass is 16.5. The predicted molar refractivity (Wildman–Crippen MR) is 94.0 cm³/mol. The van der Waals surface area contributed by atoms with E-state index in [4.69, 9.17) is 9.26 Å². The Balaban J connectivity index is 1.76. The molecule has 3 heterocycles. The fraction of sp³-hybridized carbons (Fsp3) is 0.588. The van der Waals surface area contributed by atoms with E-state index < -0.39 is 0 Å². The fourth-order valence-corrected chi connectivity index (χ4v) is 3.24. The number of likely N-dealkylation sites (tertiary alicyclic amines) is 1. The second-order valence-corrected chi connectivity index (χ2v) is 6.49. The predicted octanol–water partition coefficient (Wildman–Crippen LogP) is 0.355. The van der Waals surface area contributed by atoms with E-state index in [2.05, 4.69) is 20.6 Å². The van der Waals surface area contributed by atoms with Crippen molar-refractivity contribution >= 4 is 11.8 Å². The molecule has 0 spiro atoms. The molecule has 0 radical (unpaired) electrons. The minimum absolute atomic E-state index is 0.0546. The van der Waals surface area contributed by atoms with Gasteiger partial charge in [-0.2, -0.15) is 10.1 Å². The molecule has 0 unspecified atom stereocenters. The maximum absolute atomic E-state index is 12.8. The minimum Gasteiger partial charge on any atom is -0.375 e. The lowest BCUT2D eigenvalue weighted by atomic mass is 9.91. The number of methoxy groups -OCH3 is 1. The van der Waals surface area contributed by atoms with Crippen LogP contribution in [-0.2, 0) is 16.1 Å². The number of piperidine rings is 1. The molecule has 27 heavy (non-hydrogen) atoms. The zero-order valence-corrected chi connectivity index (χ0v) is 15.7. The van der Waals surface area contributed by atoms with Crippen molar-refractivity contribution in [2.75, 3.05) is 26.8 Å². The zero-order valence-electron chi connectivity index (χ0n) is 15.7. The molecule has 10 nitrogen and oxygen atoms in total. The normalized spacial score (nSPS) is 19.9. The average molecular weight is 376 g/mol. The molecule has 0 aromatic carbocycles. The molecule has 2 atom stereocenters. The van der Waals surface area contributed by atoms with E-state index in [1.807, 2.05) is 6.92 Å². The lowest BCUT2D eigenvalue weighted by Crippen LogP contribution is -2.53. The van der Waals surface area contributed by atoms with Crippen LogP contribution >= 0.6 is 0 Å². The van der Waals surface area contributed by atoms with E-state index in [9.17, 15) is 9.59 Å². The third-order valence-corrected chi connectivity index (χ3v) is 4.57. The van der Waals surface area contributed by atoms with Gasteiger partial charge in [-0.05, 0) is 26.3 Å². The summed E-state index contributed by atoms with van der Waals surface area (Å²) in [5.41, 5.74) is 0.394. The Morgan fingerprint density at radius 2 is 2.26 bits per heavy atom. The first kappa shape index (κ1) is 19.0. The summed E-state index contributed by atoms with van der Waals surface area (Å²) in [6, 6.07) is 1.36. The van der Waals surface area contributed by atoms with E-state index in [0.717, 1.165) is 0 Å². The van der Waals surface area contributed by atoms with Crippen molar-refractivity contribution in [2.45, 2.75) is 38.8 Å². The molecule has 2 aromatic rings. The second kappa shape index (κ2) is 8.30. The monoisotopic (exact) mass is 376 g/mol. The molecule has 3 rings (SSSR count). The van der Waals surface area contributed by atoms with Gasteiger partial charge in [-0.3, -0.25) is 14.3 Å². The van der Waals surface area contributed by atoms with Crippen LogP contribution in [0.25, 0.3) is 0 Å². The summed E-state index contributed by atoms with van der Waals surface area (Å²) in [4.78, 5) is 30.8. The van der Waals surface area contributed by atoms with Crippen LogP contribution in [0.1, 0.15) is 41.5 Å².